The van der Waals surface area contributed by atoms with E-state index in [-0.39, 0.29) is 5.91 Å². The Bertz CT molecular complexity index is 709. The fourth-order valence-corrected chi connectivity index (χ4v) is 5.12. The minimum atomic E-state index is 0.140. The number of hydrogen-bond donors (Lipinski definition) is 1. The van der Waals surface area contributed by atoms with Crippen molar-refractivity contribution in [3.63, 3.8) is 0 Å². The van der Waals surface area contributed by atoms with Crippen LogP contribution >= 0.6 is 11.3 Å². The average molecular weight is 300 g/mol. The minimum absolute atomic E-state index is 0.140. The number of thiophene rings is 1. The molecule has 2 aromatic rings. The zero-order chi connectivity index (χ0) is 14.6. The number of aryl methyl sites for hydroxylation is 1. The third kappa shape index (κ3) is 2.04. The Morgan fingerprint density at radius 2 is 2.00 bits per heavy atom. The number of benzene rings is 1. The van der Waals surface area contributed by atoms with Crippen molar-refractivity contribution in [1.82, 2.24) is 4.90 Å². The van der Waals surface area contributed by atoms with Crippen LogP contribution in [0.15, 0.2) is 18.2 Å². The number of hydrogen-bond acceptors (Lipinski definition) is 3. The Labute approximate surface area is 128 Å². The lowest BCUT2D eigenvalue weighted by atomic mass is 10.0. The molecular weight excluding hydrogens is 280 g/mol. The average Bonchev–Trinajstić information content (AvgIpc) is 3.11. The Hall–Kier alpha value is -1.55. The van der Waals surface area contributed by atoms with Gasteiger partial charge in [0, 0.05) is 23.2 Å². The van der Waals surface area contributed by atoms with Gasteiger partial charge < -0.3 is 10.6 Å². The van der Waals surface area contributed by atoms with Gasteiger partial charge in [0.1, 0.15) is 4.88 Å². The fraction of sp³-hybridized carbons (Fsp3) is 0.471. The predicted octanol–water partition coefficient (Wildman–Crippen LogP) is 3.66. The number of amides is 1. The summed E-state index contributed by atoms with van der Waals surface area (Å²) in [5.41, 5.74) is 8.11. The Morgan fingerprint density at radius 3 is 2.71 bits per heavy atom. The molecule has 110 valence electrons. The van der Waals surface area contributed by atoms with E-state index in [0.717, 1.165) is 39.9 Å². The van der Waals surface area contributed by atoms with Crippen molar-refractivity contribution in [2.45, 2.75) is 26.2 Å². The first-order valence-corrected chi connectivity index (χ1v) is 8.53. The van der Waals surface area contributed by atoms with E-state index in [1.165, 1.54) is 24.8 Å². The van der Waals surface area contributed by atoms with E-state index >= 15 is 0 Å². The zero-order valence-electron chi connectivity index (χ0n) is 12.3. The summed E-state index contributed by atoms with van der Waals surface area (Å²) in [6.45, 7) is 3.92. The molecule has 2 unspecified atom stereocenters. The normalized spacial score (nSPS) is 24.7. The number of carbonyl (C=O) groups excluding carboxylic acids is 1. The van der Waals surface area contributed by atoms with Gasteiger partial charge in [0.05, 0.1) is 5.69 Å². The second-order valence-electron chi connectivity index (χ2n) is 6.51. The summed E-state index contributed by atoms with van der Waals surface area (Å²) in [5, 5.41) is 1.02. The molecule has 2 fully saturated rings. The zero-order valence-corrected chi connectivity index (χ0v) is 13.1. The van der Waals surface area contributed by atoms with Crippen LogP contribution in [0.3, 0.4) is 0 Å². The van der Waals surface area contributed by atoms with Gasteiger partial charge in [-0.15, -0.1) is 11.3 Å². The molecule has 1 saturated heterocycles. The topological polar surface area (TPSA) is 46.3 Å². The molecule has 0 bridgehead atoms. The van der Waals surface area contributed by atoms with Gasteiger partial charge in [0.25, 0.3) is 5.91 Å². The van der Waals surface area contributed by atoms with E-state index in [0.29, 0.717) is 5.69 Å². The number of fused-ring (bicyclic) bond motifs is 2. The van der Waals surface area contributed by atoms with E-state index in [4.69, 9.17) is 5.73 Å². The van der Waals surface area contributed by atoms with Crippen LogP contribution < -0.4 is 5.73 Å². The number of rotatable bonds is 1. The van der Waals surface area contributed by atoms with E-state index in [9.17, 15) is 4.79 Å². The predicted molar refractivity (Wildman–Crippen MR) is 87.7 cm³/mol. The third-order valence-electron chi connectivity index (χ3n) is 5.09. The van der Waals surface area contributed by atoms with E-state index in [1.54, 1.807) is 11.3 Å². The highest BCUT2D eigenvalue weighted by atomic mass is 32.1. The first-order chi connectivity index (χ1) is 10.1. The fourth-order valence-electron chi connectivity index (χ4n) is 3.93. The lowest BCUT2D eigenvalue weighted by Crippen LogP contribution is -2.29. The van der Waals surface area contributed by atoms with Crippen LogP contribution in [0, 0.1) is 18.8 Å². The van der Waals surface area contributed by atoms with Crippen molar-refractivity contribution in [1.29, 1.82) is 0 Å². The van der Waals surface area contributed by atoms with Crippen molar-refractivity contribution in [3.05, 3.63) is 28.6 Å². The summed E-state index contributed by atoms with van der Waals surface area (Å²) >= 11 is 1.54. The molecule has 21 heavy (non-hydrogen) atoms. The van der Waals surface area contributed by atoms with E-state index in [2.05, 4.69) is 19.1 Å². The van der Waals surface area contributed by atoms with Crippen molar-refractivity contribution >= 4 is 33.0 Å². The van der Waals surface area contributed by atoms with Gasteiger partial charge in [-0.25, -0.2) is 0 Å². The highest BCUT2D eigenvalue weighted by molar-refractivity contribution is 7.21. The molecule has 2 N–H and O–H groups in total. The molecule has 2 aliphatic rings. The Morgan fingerprint density at radius 1 is 1.29 bits per heavy atom. The lowest BCUT2D eigenvalue weighted by molar-refractivity contribution is 0.0786. The second kappa shape index (κ2) is 4.73. The molecule has 1 aromatic carbocycles. The number of nitrogen functional groups attached to an aromatic ring is 1. The van der Waals surface area contributed by atoms with Gasteiger partial charge in [-0.3, -0.25) is 4.79 Å². The lowest BCUT2D eigenvalue weighted by Gasteiger charge is -2.16. The van der Waals surface area contributed by atoms with Crippen LogP contribution in [-0.2, 0) is 0 Å². The Kier molecular flexibility index (Phi) is 2.96. The van der Waals surface area contributed by atoms with Crippen LogP contribution in [0.4, 0.5) is 5.69 Å². The van der Waals surface area contributed by atoms with E-state index < -0.39 is 0 Å². The van der Waals surface area contributed by atoms with Gasteiger partial charge in [0.15, 0.2) is 0 Å². The van der Waals surface area contributed by atoms with Crippen molar-refractivity contribution < 1.29 is 4.79 Å². The summed E-state index contributed by atoms with van der Waals surface area (Å²) in [5.74, 6) is 1.60. The van der Waals surface area contributed by atoms with Gasteiger partial charge in [-0.2, -0.15) is 0 Å². The molecule has 1 saturated carbocycles. The first kappa shape index (κ1) is 13.1. The SMILES string of the molecule is Cc1ccc2c(N)c(C(=O)N3CC4CCCC4C3)sc2c1. The van der Waals surface area contributed by atoms with Crippen LogP contribution in [-0.4, -0.2) is 23.9 Å². The molecule has 1 amide bonds. The molecule has 0 radical (unpaired) electrons. The number of anilines is 1. The molecule has 1 aliphatic carbocycles. The quantitative estimate of drug-likeness (QED) is 0.873. The number of carbonyl (C=O) groups is 1. The van der Waals surface area contributed by atoms with Gasteiger partial charge >= 0.3 is 0 Å². The molecule has 2 atom stereocenters. The molecule has 4 heteroatoms. The second-order valence-corrected chi connectivity index (χ2v) is 7.56. The van der Waals surface area contributed by atoms with Crippen LogP contribution in [0.25, 0.3) is 10.1 Å². The molecule has 0 spiro atoms. The summed E-state index contributed by atoms with van der Waals surface area (Å²) in [6.07, 6.45) is 3.91. The van der Waals surface area contributed by atoms with Crippen molar-refractivity contribution in [2.75, 3.05) is 18.8 Å². The van der Waals surface area contributed by atoms with Crippen LogP contribution in [0.5, 0.6) is 0 Å². The number of nitrogens with zero attached hydrogens (tertiary/aromatic N) is 1. The Balaban J connectivity index is 1.67. The van der Waals surface area contributed by atoms with Crippen molar-refractivity contribution in [2.24, 2.45) is 11.8 Å². The van der Waals surface area contributed by atoms with E-state index in [1.807, 2.05) is 11.0 Å². The maximum absolute atomic E-state index is 12.8. The van der Waals surface area contributed by atoms with Gasteiger partial charge in [-0.05, 0) is 43.2 Å². The summed E-state index contributed by atoms with van der Waals surface area (Å²) in [4.78, 5) is 15.6. The molecule has 4 rings (SSSR count). The third-order valence-corrected chi connectivity index (χ3v) is 6.25. The maximum atomic E-state index is 12.8. The standard InChI is InChI=1S/C17H20N2OS/c1-10-5-6-13-14(7-10)21-16(15(13)18)17(20)19-8-11-3-2-4-12(11)9-19/h5-7,11-12H,2-4,8-9,18H2,1H3. The summed E-state index contributed by atoms with van der Waals surface area (Å²) in [6, 6.07) is 6.21. The molecule has 1 aromatic heterocycles. The summed E-state index contributed by atoms with van der Waals surface area (Å²) < 4.78 is 1.12. The summed E-state index contributed by atoms with van der Waals surface area (Å²) in [7, 11) is 0. The van der Waals surface area contributed by atoms with Crippen LogP contribution in [0.2, 0.25) is 0 Å². The van der Waals surface area contributed by atoms with Crippen molar-refractivity contribution in [3.8, 4) is 0 Å². The number of nitrogens with two attached hydrogens (primary N) is 1. The maximum Gasteiger partial charge on any atom is 0.266 e. The highest BCUT2D eigenvalue weighted by Gasteiger charge is 2.39. The highest BCUT2D eigenvalue weighted by Crippen LogP contribution is 2.40. The van der Waals surface area contributed by atoms with Gasteiger partial charge in [0.2, 0.25) is 0 Å². The number of likely N-dealkylation sites (tertiary alicyclic amines) is 1. The monoisotopic (exact) mass is 300 g/mol. The molecular formula is C17H20N2OS. The first-order valence-electron chi connectivity index (χ1n) is 7.71. The van der Waals surface area contributed by atoms with Crippen LogP contribution in [0.1, 0.15) is 34.5 Å². The minimum Gasteiger partial charge on any atom is -0.397 e. The molecule has 1 aliphatic heterocycles. The smallest absolute Gasteiger partial charge is 0.266 e. The molecule has 3 nitrogen and oxygen atoms in total. The van der Waals surface area contributed by atoms with Gasteiger partial charge in [-0.1, -0.05) is 18.6 Å². The largest absolute Gasteiger partial charge is 0.397 e. The molecule has 2 heterocycles.